The predicted octanol–water partition coefficient (Wildman–Crippen LogP) is 2.79. The number of fused-ring (bicyclic) bond motifs is 1. The molecule has 1 saturated heterocycles. The van der Waals surface area contributed by atoms with E-state index in [1.165, 1.54) is 25.7 Å². The first-order chi connectivity index (χ1) is 8.83. The van der Waals surface area contributed by atoms with Gasteiger partial charge in [-0.1, -0.05) is 18.9 Å². The van der Waals surface area contributed by atoms with Gasteiger partial charge in [0.15, 0.2) is 5.58 Å². The van der Waals surface area contributed by atoms with Crippen LogP contribution in [0.1, 0.15) is 31.6 Å². The molecule has 0 bridgehead atoms. The van der Waals surface area contributed by atoms with E-state index in [0.717, 1.165) is 36.6 Å². The zero-order chi connectivity index (χ0) is 12.4. The van der Waals surface area contributed by atoms with E-state index >= 15 is 0 Å². The van der Waals surface area contributed by atoms with Gasteiger partial charge in [-0.25, -0.2) is 4.98 Å². The number of oxazole rings is 1. The number of benzene rings is 1. The first kappa shape index (κ1) is 11.5. The number of nitrogens with zero attached hydrogens (tertiary/aromatic N) is 2. The molecule has 96 valence electrons. The Hall–Kier alpha value is -1.55. The number of hydrogen-bond acceptors (Lipinski definition) is 4. The van der Waals surface area contributed by atoms with Crippen LogP contribution in [-0.4, -0.2) is 23.0 Å². The van der Waals surface area contributed by atoms with Crippen molar-refractivity contribution in [2.75, 3.05) is 18.8 Å². The Kier molecular flexibility index (Phi) is 3.19. The molecule has 3 rings (SSSR count). The summed E-state index contributed by atoms with van der Waals surface area (Å²) in [5.74, 6) is 0.782. The van der Waals surface area contributed by atoms with Crippen LogP contribution in [0.4, 0.5) is 5.69 Å². The third-order valence-electron chi connectivity index (χ3n) is 3.55. The molecule has 1 aromatic carbocycles. The summed E-state index contributed by atoms with van der Waals surface area (Å²) in [7, 11) is 0. The van der Waals surface area contributed by atoms with Gasteiger partial charge in [0.25, 0.3) is 0 Å². The monoisotopic (exact) mass is 245 g/mol. The summed E-state index contributed by atoms with van der Waals surface area (Å²) in [5, 5.41) is 0. The Bertz CT molecular complexity index is 527. The zero-order valence-corrected chi connectivity index (χ0v) is 10.6. The average molecular weight is 245 g/mol. The summed E-state index contributed by atoms with van der Waals surface area (Å²) >= 11 is 0. The Morgan fingerprint density at radius 1 is 1.17 bits per heavy atom. The van der Waals surface area contributed by atoms with Gasteiger partial charge in [0.2, 0.25) is 5.89 Å². The summed E-state index contributed by atoms with van der Waals surface area (Å²) in [5.41, 5.74) is 8.13. The predicted molar refractivity (Wildman–Crippen MR) is 72.2 cm³/mol. The molecule has 2 N–H and O–H groups in total. The van der Waals surface area contributed by atoms with Crippen LogP contribution in [-0.2, 0) is 6.54 Å². The molecule has 1 aromatic heterocycles. The molecular weight excluding hydrogens is 226 g/mol. The lowest BCUT2D eigenvalue weighted by molar-refractivity contribution is 0.251. The second-order valence-electron chi connectivity index (χ2n) is 4.99. The molecule has 4 heteroatoms. The fourth-order valence-electron chi connectivity index (χ4n) is 2.57. The minimum atomic E-state index is 0.669. The van der Waals surface area contributed by atoms with Crippen LogP contribution in [0.5, 0.6) is 0 Å². The highest BCUT2D eigenvalue weighted by atomic mass is 16.3. The Morgan fingerprint density at radius 2 is 1.94 bits per heavy atom. The fraction of sp³-hybridized carbons (Fsp3) is 0.500. The zero-order valence-electron chi connectivity index (χ0n) is 10.6. The van der Waals surface area contributed by atoms with Gasteiger partial charge in [0, 0.05) is 0 Å². The van der Waals surface area contributed by atoms with Gasteiger partial charge in [-0.05, 0) is 38.1 Å². The van der Waals surface area contributed by atoms with Gasteiger partial charge in [-0.15, -0.1) is 0 Å². The number of para-hydroxylation sites is 1. The number of hydrogen-bond donors (Lipinski definition) is 1. The van der Waals surface area contributed by atoms with Crippen molar-refractivity contribution in [3.63, 3.8) is 0 Å². The van der Waals surface area contributed by atoms with Crippen molar-refractivity contribution < 1.29 is 4.42 Å². The van der Waals surface area contributed by atoms with Gasteiger partial charge in [0.05, 0.1) is 12.2 Å². The number of aromatic nitrogens is 1. The maximum Gasteiger partial charge on any atom is 0.209 e. The van der Waals surface area contributed by atoms with Crippen molar-refractivity contribution in [2.45, 2.75) is 32.2 Å². The second kappa shape index (κ2) is 4.98. The van der Waals surface area contributed by atoms with Crippen molar-refractivity contribution in [2.24, 2.45) is 0 Å². The van der Waals surface area contributed by atoms with Crippen molar-refractivity contribution >= 4 is 16.8 Å². The van der Waals surface area contributed by atoms with E-state index in [2.05, 4.69) is 9.88 Å². The molecule has 0 aliphatic carbocycles. The Morgan fingerprint density at radius 3 is 2.67 bits per heavy atom. The molecule has 0 unspecified atom stereocenters. The summed E-state index contributed by atoms with van der Waals surface area (Å²) in [4.78, 5) is 6.93. The highest BCUT2D eigenvalue weighted by Gasteiger charge is 2.14. The van der Waals surface area contributed by atoms with E-state index in [0.29, 0.717) is 5.69 Å². The highest BCUT2D eigenvalue weighted by molar-refractivity contribution is 5.84. The molecule has 2 aromatic rings. The van der Waals surface area contributed by atoms with Crippen LogP contribution in [0.25, 0.3) is 11.1 Å². The molecule has 1 aliphatic rings. The summed E-state index contributed by atoms with van der Waals surface area (Å²) in [6, 6.07) is 5.71. The van der Waals surface area contributed by atoms with Crippen LogP contribution in [0.3, 0.4) is 0 Å². The molecule has 1 aliphatic heterocycles. The maximum absolute atomic E-state index is 5.88. The SMILES string of the molecule is Nc1cccc2nc(CN3CCCCCC3)oc12. The van der Waals surface area contributed by atoms with Crippen molar-refractivity contribution in [1.29, 1.82) is 0 Å². The van der Waals surface area contributed by atoms with Gasteiger partial charge in [-0.2, -0.15) is 0 Å². The van der Waals surface area contributed by atoms with Gasteiger partial charge in [0.1, 0.15) is 5.52 Å². The number of rotatable bonds is 2. The molecule has 0 radical (unpaired) electrons. The molecular formula is C14H19N3O. The molecule has 0 saturated carbocycles. The minimum absolute atomic E-state index is 0.669. The highest BCUT2D eigenvalue weighted by Crippen LogP contribution is 2.22. The standard InChI is InChI=1S/C14H19N3O/c15-11-6-5-7-12-14(11)18-13(16-12)10-17-8-3-1-2-4-9-17/h5-7H,1-4,8-10,15H2. The molecule has 4 nitrogen and oxygen atoms in total. The van der Waals surface area contributed by atoms with E-state index < -0.39 is 0 Å². The molecule has 2 heterocycles. The van der Waals surface area contributed by atoms with Crippen molar-refractivity contribution in [3.8, 4) is 0 Å². The third-order valence-corrected chi connectivity index (χ3v) is 3.55. The van der Waals surface area contributed by atoms with Crippen molar-refractivity contribution in [3.05, 3.63) is 24.1 Å². The van der Waals surface area contributed by atoms with Crippen LogP contribution in [0, 0.1) is 0 Å². The van der Waals surface area contributed by atoms with E-state index in [4.69, 9.17) is 10.2 Å². The molecule has 1 fully saturated rings. The first-order valence-corrected chi connectivity index (χ1v) is 6.69. The summed E-state index contributed by atoms with van der Waals surface area (Å²) in [6.45, 7) is 3.09. The smallest absolute Gasteiger partial charge is 0.209 e. The second-order valence-corrected chi connectivity index (χ2v) is 4.99. The van der Waals surface area contributed by atoms with Gasteiger partial charge >= 0.3 is 0 Å². The topological polar surface area (TPSA) is 55.3 Å². The Labute approximate surface area is 107 Å². The lowest BCUT2D eigenvalue weighted by Gasteiger charge is -2.16. The van der Waals surface area contributed by atoms with Crippen molar-refractivity contribution in [1.82, 2.24) is 9.88 Å². The van der Waals surface area contributed by atoms with Crippen LogP contribution >= 0.6 is 0 Å². The van der Waals surface area contributed by atoms with Crippen LogP contribution in [0.2, 0.25) is 0 Å². The lowest BCUT2D eigenvalue weighted by Crippen LogP contribution is -2.24. The van der Waals surface area contributed by atoms with E-state index in [-0.39, 0.29) is 0 Å². The normalized spacial score (nSPS) is 18.0. The number of nitrogen functional groups attached to an aromatic ring is 1. The molecule has 0 atom stereocenters. The van der Waals surface area contributed by atoms with Crippen LogP contribution in [0.15, 0.2) is 22.6 Å². The van der Waals surface area contributed by atoms with Crippen LogP contribution < -0.4 is 5.73 Å². The average Bonchev–Trinajstić information content (AvgIpc) is 2.60. The molecule has 18 heavy (non-hydrogen) atoms. The minimum Gasteiger partial charge on any atom is -0.437 e. The largest absolute Gasteiger partial charge is 0.437 e. The van der Waals surface area contributed by atoms with Gasteiger partial charge in [-0.3, -0.25) is 4.90 Å². The summed E-state index contributed by atoms with van der Waals surface area (Å²) < 4.78 is 5.76. The third kappa shape index (κ3) is 2.34. The fourth-order valence-corrected chi connectivity index (χ4v) is 2.57. The number of likely N-dealkylation sites (tertiary alicyclic amines) is 1. The number of anilines is 1. The Balaban J connectivity index is 1.79. The van der Waals surface area contributed by atoms with E-state index in [1.807, 2.05) is 18.2 Å². The molecule has 0 amide bonds. The summed E-state index contributed by atoms with van der Waals surface area (Å²) in [6.07, 6.45) is 5.25. The van der Waals surface area contributed by atoms with E-state index in [1.54, 1.807) is 0 Å². The van der Waals surface area contributed by atoms with E-state index in [9.17, 15) is 0 Å². The lowest BCUT2D eigenvalue weighted by atomic mass is 10.2. The van der Waals surface area contributed by atoms with Gasteiger partial charge < -0.3 is 10.2 Å². The quantitative estimate of drug-likeness (QED) is 0.827. The maximum atomic E-state index is 5.88. The first-order valence-electron chi connectivity index (χ1n) is 6.69. The molecule has 0 spiro atoms. The number of nitrogens with two attached hydrogens (primary N) is 1.